The molecule has 5 heteroatoms. The van der Waals surface area contributed by atoms with Crippen molar-refractivity contribution in [2.24, 2.45) is 0 Å². The molecule has 11 aromatic rings. The fraction of sp³-hybridized carbons (Fsp3) is 0. The summed E-state index contributed by atoms with van der Waals surface area (Å²) >= 11 is 1.88. The first-order valence-corrected chi connectivity index (χ1v) is 18.3. The minimum absolute atomic E-state index is 0.650. The van der Waals surface area contributed by atoms with Gasteiger partial charge in [-0.05, 0) is 71.1 Å². The molecule has 11 rings (SSSR count). The first kappa shape index (κ1) is 29.1. The highest BCUT2D eigenvalue weighted by Gasteiger charge is 2.22. The van der Waals surface area contributed by atoms with E-state index >= 15 is 0 Å². The van der Waals surface area contributed by atoms with Crippen LogP contribution in [0.5, 0.6) is 0 Å². The molecule has 0 radical (unpaired) electrons. The van der Waals surface area contributed by atoms with Crippen LogP contribution in [-0.2, 0) is 0 Å². The van der Waals surface area contributed by atoms with Gasteiger partial charge in [0.25, 0.3) is 0 Å². The molecule has 242 valence electrons. The molecular weight excluding hydrogens is 653 g/mol. The third-order valence-corrected chi connectivity index (χ3v) is 11.5. The summed E-state index contributed by atoms with van der Waals surface area (Å²) in [7, 11) is 0. The second-order valence-corrected chi connectivity index (χ2v) is 14.2. The zero-order valence-corrected chi connectivity index (χ0v) is 28.7. The van der Waals surface area contributed by atoms with E-state index in [4.69, 9.17) is 9.97 Å². The third kappa shape index (κ3) is 4.36. The van der Waals surface area contributed by atoms with Crippen LogP contribution in [0.2, 0.25) is 0 Å². The molecule has 4 aromatic heterocycles. The van der Waals surface area contributed by atoms with E-state index < -0.39 is 0 Å². The van der Waals surface area contributed by atoms with Crippen LogP contribution < -0.4 is 0 Å². The van der Waals surface area contributed by atoms with Gasteiger partial charge in [-0.1, -0.05) is 109 Å². The molecular formula is C47H28N4S. The Balaban J connectivity index is 1.12. The summed E-state index contributed by atoms with van der Waals surface area (Å²) in [5.74, 6) is 0.650. The number of hydrogen-bond donors (Lipinski definition) is 0. The predicted octanol–water partition coefficient (Wildman–Crippen LogP) is 12.6. The van der Waals surface area contributed by atoms with E-state index in [9.17, 15) is 0 Å². The first-order valence-electron chi connectivity index (χ1n) is 17.4. The maximum absolute atomic E-state index is 5.21. The Bertz CT molecular complexity index is 3180. The summed E-state index contributed by atoms with van der Waals surface area (Å²) in [6.07, 6.45) is 1.80. The van der Waals surface area contributed by atoms with E-state index in [-0.39, 0.29) is 0 Å². The first-order chi connectivity index (χ1) is 25.8. The SMILES string of the molecule is c1ccc(-c2cccc(-c3nc(-c4ccc(-n5c6ccccc6c6c7ccccc7c7sc8ccccc8c7c65)cc4)nc4ncccc34)c2)cc1. The lowest BCUT2D eigenvalue weighted by Gasteiger charge is -2.12. The van der Waals surface area contributed by atoms with Gasteiger partial charge in [0.2, 0.25) is 0 Å². The molecule has 0 spiro atoms. The molecule has 52 heavy (non-hydrogen) atoms. The van der Waals surface area contributed by atoms with Gasteiger partial charge in [0, 0.05) is 64.7 Å². The number of para-hydroxylation sites is 1. The van der Waals surface area contributed by atoms with E-state index in [1.54, 1.807) is 6.20 Å². The molecule has 0 N–H and O–H groups in total. The molecule has 0 amide bonds. The number of thiophene rings is 1. The summed E-state index contributed by atoms with van der Waals surface area (Å²) in [5, 5.41) is 8.65. The van der Waals surface area contributed by atoms with E-state index in [1.807, 2.05) is 23.5 Å². The predicted molar refractivity (Wildman–Crippen MR) is 218 cm³/mol. The molecule has 0 atom stereocenters. The lowest BCUT2D eigenvalue weighted by molar-refractivity contribution is 1.17. The molecule has 4 heterocycles. The Morgan fingerprint density at radius 3 is 2.02 bits per heavy atom. The highest BCUT2D eigenvalue weighted by atomic mass is 32.1. The summed E-state index contributed by atoms with van der Waals surface area (Å²) in [5.41, 5.74) is 9.36. The summed E-state index contributed by atoms with van der Waals surface area (Å²) < 4.78 is 5.08. The maximum atomic E-state index is 5.21. The van der Waals surface area contributed by atoms with E-state index in [1.165, 1.54) is 58.3 Å². The van der Waals surface area contributed by atoms with Gasteiger partial charge in [0.05, 0.1) is 16.7 Å². The summed E-state index contributed by atoms with van der Waals surface area (Å²) in [4.78, 5) is 14.9. The summed E-state index contributed by atoms with van der Waals surface area (Å²) in [6, 6.07) is 58.2. The van der Waals surface area contributed by atoms with Crippen LogP contribution in [0.4, 0.5) is 0 Å². The average molecular weight is 681 g/mol. The van der Waals surface area contributed by atoms with Crippen LogP contribution in [0, 0.1) is 0 Å². The van der Waals surface area contributed by atoms with Crippen molar-refractivity contribution in [3.05, 3.63) is 170 Å². The lowest BCUT2D eigenvalue weighted by Crippen LogP contribution is -1.98. The number of pyridine rings is 1. The van der Waals surface area contributed by atoms with Gasteiger partial charge in [-0.25, -0.2) is 15.0 Å². The molecule has 0 aliphatic heterocycles. The van der Waals surface area contributed by atoms with Crippen molar-refractivity contribution in [1.29, 1.82) is 0 Å². The molecule has 0 aliphatic rings. The zero-order chi connectivity index (χ0) is 34.2. The smallest absolute Gasteiger partial charge is 0.163 e. The molecule has 7 aromatic carbocycles. The van der Waals surface area contributed by atoms with Crippen LogP contribution in [0.25, 0.3) is 103 Å². The second kappa shape index (κ2) is 11.4. The van der Waals surface area contributed by atoms with Crippen molar-refractivity contribution in [3.8, 4) is 39.5 Å². The Hall–Kier alpha value is -6.69. The highest BCUT2D eigenvalue weighted by Crippen LogP contribution is 2.47. The van der Waals surface area contributed by atoms with Crippen LogP contribution in [-0.4, -0.2) is 19.5 Å². The molecule has 0 fully saturated rings. The van der Waals surface area contributed by atoms with Crippen LogP contribution in [0.1, 0.15) is 0 Å². The maximum Gasteiger partial charge on any atom is 0.163 e. The Labute approximate surface area is 302 Å². The fourth-order valence-corrected chi connectivity index (χ4v) is 9.18. The second-order valence-electron chi connectivity index (χ2n) is 13.2. The monoisotopic (exact) mass is 680 g/mol. The van der Waals surface area contributed by atoms with Crippen molar-refractivity contribution < 1.29 is 0 Å². The molecule has 0 saturated carbocycles. The third-order valence-electron chi connectivity index (χ3n) is 10.2. The Morgan fingerprint density at radius 2 is 1.15 bits per heavy atom. The molecule has 0 unspecified atom stereocenters. The molecule has 0 saturated heterocycles. The van der Waals surface area contributed by atoms with E-state index in [0.717, 1.165) is 33.5 Å². The van der Waals surface area contributed by atoms with Gasteiger partial charge in [-0.3, -0.25) is 0 Å². The van der Waals surface area contributed by atoms with Crippen LogP contribution >= 0.6 is 11.3 Å². The zero-order valence-electron chi connectivity index (χ0n) is 27.9. The van der Waals surface area contributed by atoms with Crippen LogP contribution in [0.15, 0.2) is 170 Å². The van der Waals surface area contributed by atoms with Crippen LogP contribution in [0.3, 0.4) is 0 Å². The van der Waals surface area contributed by atoms with Crippen molar-refractivity contribution >= 4 is 75.1 Å². The van der Waals surface area contributed by atoms with Gasteiger partial charge in [0.1, 0.15) is 0 Å². The Kier molecular flexibility index (Phi) is 6.39. The van der Waals surface area contributed by atoms with E-state index in [2.05, 4.69) is 161 Å². The largest absolute Gasteiger partial charge is 0.309 e. The lowest BCUT2D eigenvalue weighted by atomic mass is 10.00. The number of benzene rings is 7. The number of aromatic nitrogens is 4. The average Bonchev–Trinajstić information content (AvgIpc) is 3.78. The molecule has 0 aliphatic carbocycles. The van der Waals surface area contributed by atoms with E-state index in [0.29, 0.717) is 11.5 Å². The topological polar surface area (TPSA) is 43.6 Å². The van der Waals surface area contributed by atoms with Crippen molar-refractivity contribution in [2.75, 3.05) is 0 Å². The number of nitrogens with zero attached hydrogens (tertiary/aromatic N) is 4. The standard InChI is InChI=1S/C47H28N4S/c1-2-12-29(13-3-1)31-14-10-15-32(28-31)43-38-20-11-27-48-47(38)50-46(49-43)30-23-25-33(26-24-30)51-39-21-8-6-18-36(39)41-34-16-4-5-17-35(34)45-42(44(41)51)37-19-7-9-22-40(37)52-45/h1-28H. The van der Waals surface area contributed by atoms with Gasteiger partial charge in [0.15, 0.2) is 11.5 Å². The van der Waals surface area contributed by atoms with Gasteiger partial charge in [-0.2, -0.15) is 0 Å². The molecule has 0 bridgehead atoms. The normalized spacial score (nSPS) is 11.8. The van der Waals surface area contributed by atoms with Crippen molar-refractivity contribution in [3.63, 3.8) is 0 Å². The fourth-order valence-electron chi connectivity index (χ4n) is 7.93. The van der Waals surface area contributed by atoms with Gasteiger partial charge in [-0.15, -0.1) is 11.3 Å². The molecule has 4 nitrogen and oxygen atoms in total. The number of fused-ring (bicyclic) bond motifs is 11. The minimum atomic E-state index is 0.650. The Morgan fingerprint density at radius 1 is 0.462 bits per heavy atom. The number of rotatable bonds is 4. The quantitative estimate of drug-likeness (QED) is 0.186. The van der Waals surface area contributed by atoms with Crippen molar-refractivity contribution in [1.82, 2.24) is 19.5 Å². The van der Waals surface area contributed by atoms with Gasteiger partial charge < -0.3 is 4.57 Å². The van der Waals surface area contributed by atoms with Gasteiger partial charge >= 0.3 is 0 Å². The highest BCUT2D eigenvalue weighted by molar-refractivity contribution is 7.27. The summed E-state index contributed by atoms with van der Waals surface area (Å²) in [6.45, 7) is 0. The number of hydrogen-bond acceptors (Lipinski definition) is 4. The van der Waals surface area contributed by atoms with Crippen molar-refractivity contribution in [2.45, 2.75) is 0 Å². The minimum Gasteiger partial charge on any atom is -0.309 e.